The number of anilines is 1. The molecule has 22 nitrogen and oxygen atoms in total. The normalized spacial score (nSPS) is 13.5. The van der Waals surface area contributed by atoms with Crippen molar-refractivity contribution in [1.82, 2.24) is 35.5 Å². The van der Waals surface area contributed by atoms with Gasteiger partial charge in [-0.1, -0.05) is 42.7 Å². The number of fused-ring (bicyclic) bond motifs is 5. The van der Waals surface area contributed by atoms with Crippen LogP contribution in [0.4, 0.5) is 10.5 Å². The first-order valence-electron chi connectivity index (χ1n) is 24.7. The van der Waals surface area contributed by atoms with Crippen molar-refractivity contribution in [3.05, 3.63) is 105 Å². The highest BCUT2D eigenvalue weighted by atomic mass is 32.2. The van der Waals surface area contributed by atoms with Gasteiger partial charge in [-0.2, -0.15) is 0 Å². The Bertz CT molecular complexity index is 3050. The molecule has 7 rings (SSSR count). The second kappa shape index (κ2) is 27.6. The highest BCUT2D eigenvalue weighted by Crippen LogP contribution is 2.39. The smallest absolute Gasteiger partial charge is 0.508 e. The van der Waals surface area contributed by atoms with Crippen LogP contribution in [0.15, 0.2) is 70.9 Å². The topological polar surface area (TPSA) is 304 Å². The maximum Gasteiger partial charge on any atom is 0.509 e. The van der Waals surface area contributed by atoms with Crippen LogP contribution in [0.25, 0.3) is 22.3 Å². The summed E-state index contributed by atoms with van der Waals surface area (Å²) in [6.07, 6.45) is 5.97. The third-order valence-corrected chi connectivity index (χ3v) is 12.7. The van der Waals surface area contributed by atoms with Gasteiger partial charge in [0, 0.05) is 60.5 Å². The van der Waals surface area contributed by atoms with Crippen LogP contribution in [0.3, 0.4) is 0 Å². The summed E-state index contributed by atoms with van der Waals surface area (Å²) in [4.78, 5) is 104. The highest BCUT2D eigenvalue weighted by molar-refractivity contribution is 7.98. The van der Waals surface area contributed by atoms with Gasteiger partial charge in [0.15, 0.2) is 5.16 Å². The van der Waals surface area contributed by atoms with E-state index in [2.05, 4.69) is 43.1 Å². The number of phenols is 1. The predicted octanol–water partition coefficient (Wildman–Crippen LogP) is 3.70. The number of ether oxygens (including phenoxy) is 5. The Morgan fingerprint density at radius 3 is 2.42 bits per heavy atom. The molecule has 76 heavy (non-hydrogen) atoms. The summed E-state index contributed by atoms with van der Waals surface area (Å²) >= 11 is 1.45. The Morgan fingerprint density at radius 1 is 0.934 bits per heavy atom. The van der Waals surface area contributed by atoms with E-state index in [0.29, 0.717) is 84.9 Å². The molecule has 400 valence electrons. The Kier molecular flexibility index (Phi) is 20.3. The summed E-state index contributed by atoms with van der Waals surface area (Å²) in [5.41, 5.74) is 10.6. The standard InChI is InChI=1S/C53H59N9O13S/c1-3-36-37-23-35(63)16-17-41(37)61-47-39(36)27-62-43(47)24-38-40(50(62)68)29-73-51(69)48(38)75-53(70)74-28-32-12-14-34(15-13-32)59-49(67)42(10-7-8-18-54)60-46(66)31-72-30-45(65)56-20-22-71-21-19-55-44(64)11-6-4-5-9-33-25-57-52(76-2)58-26-33/h12-17,23-26,42,48,63H,3-4,6-8,10-11,18-22,27-31,54H2,1-2H3,(H,55,64)(H,56,65)(H,59,67)(H,60,66)/t42-,48-/m0/s1. The fraction of sp³-hybridized carbons (Fsp3) is 0.396. The number of phenolic OH excluding ortho intramolecular Hbond substituents is 1. The van der Waals surface area contributed by atoms with Gasteiger partial charge in [-0.25, -0.2) is 24.5 Å². The molecule has 5 aromatic rings. The number of nitrogens with one attached hydrogen (secondary N) is 4. The van der Waals surface area contributed by atoms with Crippen LogP contribution in [0.5, 0.6) is 5.75 Å². The summed E-state index contributed by atoms with van der Waals surface area (Å²) < 4.78 is 28.4. The maximum absolute atomic E-state index is 13.8. The lowest BCUT2D eigenvalue weighted by Crippen LogP contribution is -2.45. The SMILES string of the molecule is CCc1c2c(nc3ccc(O)cc13)-c1cc3c(c(=O)n1C2)COC(=O)[C@H]3OC(=O)OCc1ccc(NC(=O)[C@H](CCCCN)NC(=O)COCC(=O)NCCOCCNC(=O)CCCC#Cc2cnc(SC)nc2)cc1. The molecule has 2 aromatic carbocycles. The van der Waals surface area contributed by atoms with Gasteiger partial charge in [-0.3, -0.25) is 24.0 Å². The fourth-order valence-electron chi connectivity index (χ4n) is 8.37. The van der Waals surface area contributed by atoms with Crippen LogP contribution < -0.4 is 32.6 Å². The zero-order valence-electron chi connectivity index (χ0n) is 42.1. The molecule has 2 aliphatic rings. The van der Waals surface area contributed by atoms with Gasteiger partial charge < -0.3 is 60.4 Å². The van der Waals surface area contributed by atoms with Crippen molar-refractivity contribution in [1.29, 1.82) is 0 Å². The van der Waals surface area contributed by atoms with Gasteiger partial charge in [0.25, 0.3) is 5.56 Å². The molecule has 2 atom stereocenters. The van der Waals surface area contributed by atoms with Crippen LogP contribution in [0.1, 0.15) is 84.9 Å². The van der Waals surface area contributed by atoms with Gasteiger partial charge in [-0.15, -0.1) is 0 Å². The number of rotatable bonds is 25. The molecule has 5 heterocycles. The average molecular weight is 1060 g/mol. The molecule has 2 aliphatic heterocycles. The molecule has 0 radical (unpaired) electrons. The highest BCUT2D eigenvalue weighted by Gasteiger charge is 2.38. The van der Waals surface area contributed by atoms with Crippen molar-refractivity contribution >= 4 is 64.1 Å². The molecule has 0 aliphatic carbocycles. The molecule has 4 amide bonds. The van der Waals surface area contributed by atoms with E-state index in [4.69, 9.17) is 34.4 Å². The van der Waals surface area contributed by atoms with Gasteiger partial charge >= 0.3 is 12.1 Å². The van der Waals surface area contributed by atoms with Gasteiger partial charge in [0.2, 0.25) is 29.7 Å². The van der Waals surface area contributed by atoms with Gasteiger partial charge in [0.1, 0.15) is 38.2 Å². The number of nitrogens with two attached hydrogens (primary N) is 1. The largest absolute Gasteiger partial charge is 0.509 e. The summed E-state index contributed by atoms with van der Waals surface area (Å²) in [6, 6.07) is 11.9. The summed E-state index contributed by atoms with van der Waals surface area (Å²) in [7, 11) is 0. The molecule has 0 unspecified atom stereocenters. The number of amides is 4. The Balaban J connectivity index is 0.799. The Morgan fingerprint density at radius 2 is 1.68 bits per heavy atom. The summed E-state index contributed by atoms with van der Waals surface area (Å²) in [5.74, 6) is 3.50. The number of esters is 1. The van der Waals surface area contributed by atoms with Gasteiger partial charge in [0.05, 0.1) is 47.8 Å². The zero-order valence-corrected chi connectivity index (χ0v) is 42.9. The van der Waals surface area contributed by atoms with Crippen LogP contribution in [-0.4, -0.2) is 119 Å². The molecule has 0 saturated carbocycles. The van der Waals surface area contributed by atoms with Gasteiger partial charge in [-0.05, 0) is 92.4 Å². The Labute approximate surface area is 441 Å². The van der Waals surface area contributed by atoms with E-state index in [1.807, 2.05) is 13.2 Å². The number of thioether (sulfide) groups is 1. The minimum absolute atomic E-state index is 0.0957. The predicted molar refractivity (Wildman–Crippen MR) is 277 cm³/mol. The van der Waals surface area contributed by atoms with Crippen molar-refractivity contribution in [3.63, 3.8) is 0 Å². The lowest BCUT2D eigenvalue weighted by molar-refractivity contribution is -0.159. The lowest BCUT2D eigenvalue weighted by Gasteiger charge is -2.24. The van der Waals surface area contributed by atoms with E-state index >= 15 is 0 Å². The van der Waals surface area contributed by atoms with Crippen LogP contribution in [0, 0.1) is 11.8 Å². The van der Waals surface area contributed by atoms with E-state index < -0.39 is 60.8 Å². The van der Waals surface area contributed by atoms with E-state index in [0.717, 1.165) is 22.1 Å². The quantitative estimate of drug-likeness (QED) is 0.0157. The number of hydrogen-bond acceptors (Lipinski definition) is 18. The minimum atomic E-state index is -1.58. The molecule has 0 bridgehead atoms. The lowest BCUT2D eigenvalue weighted by atomic mass is 9.97. The Hall–Kier alpha value is -7.91. The van der Waals surface area contributed by atoms with Crippen LogP contribution in [0.2, 0.25) is 0 Å². The maximum atomic E-state index is 13.8. The first-order valence-corrected chi connectivity index (χ1v) is 25.9. The number of carbonyl (C=O) groups excluding carboxylic acids is 6. The second-order valence-electron chi connectivity index (χ2n) is 17.5. The first-order chi connectivity index (χ1) is 36.8. The minimum Gasteiger partial charge on any atom is -0.508 e. The third kappa shape index (κ3) is 15.1. The number of hydrogen-bond donors (Lipinski definition) is 6. The number of nitrogens with zero attached hydrogens (tertiary/aromatic N) is 4. The number of aryl methyl sites for hydroxylation is 1. The molecular formula is C53H59N9O13S. The molecule has 3 aromatic heterocycles. The van der Waals surface area contributed by atoms with E-state index in [1.165, 1.54) is 17.8 Å². The average Bonchev–Trinajstić information content (AvgIpc) is 3.78. The molecule has 7 N–H and O–H groups in total. The van der Waals surface area contributed by atoms with Crippen molar-refractivity contribution in [2.24, 2.45) is 5.73 Å². The number of cyclic esters (lactones) is 1. The van der Waals surface area contributed by atoms with E-state index in [9.17, 15) is 38.7 Å². The van der Waals surface area contributed by atoms with Crippen molar-refractivity contribution in [2.75, 3.05) is 57.6 Å². The molecule has 0 spiro atoms. The van der Waals surface area contributed by atoms with Crippen molar-refractivity contribution in [3.8, 4) is 29.0 Å². The summed E-state index contributed by atoms with van der Waals surface area (Å²) in [5, 5.41) is 22.4. The second-order valence-corrected chi connectivity index (χ2v) is 18.3. The fourth-order valence-corrected chi connectivity index (χ4v) is 8.69. The monoisotopic (exact) mass is 1060 g/mol. The van der Waals surface area contributed by atoms with Crippen molar-refractivity contribution < 1.29 is 57.6 Å². The molecule has 0 fully saturated rings. The molecular weight excluding hydrogens is 1000 g/mol. The molecule has 23 heteroatoms. The first kappa shape index (κ1) is 55.8. The van der Waals surface area contributed by atoms with Crippen LogP contribution in [-0.2, 0) is 73.8 Å². The third-order valence-electron chi connectivity index (χ3n) is 12.1. The number of benzene rings is 2. The molecule has 0 saturated heterocycles. The van der Waals surface area contributed by atoms with E-state index in [1.54, 1.807) is 59.4 Å². The number of aromatic hydroxyl groups is 1. The van der Waals surface area contributed by atoms with Crippen molar-refractivity contribution in [2.45, 2.75) is 88.9 Å². The number of unbranched alkanes of at least 4 members (excludes halogenated alkanes) is 2. The zero-order chi connectivity index (χ0) is 54.0. The number of carbonyl (C=O) groups is 6. The van der Waals surface area contributed by atoms with E-state index in [-0.39, 0.29) is 68.7 Å². The van der Waals surface area contributed by atoms with Crippen LogP contribution >= 0.6 is 11.8 Å². The number of pyridine rings is 2. The number of aromatic nitrogens is 4. The summed E-state index contributed by atoms with van der Waals surface area (Å²) in [6.45, 7) is 2.04.